The molecule has 0 radical (unpaired) electrons. The maximum atomic E-state index is 12.7. The smallest absolute Gasteiger partial charge is 0.339 e. The number of halogens is 2. The van der Waals surface area contributed by atoms with E-state index in [0.29, 0.717) is 21.4 Å². The second-order valence-corrected chi connectivity index (χ2v) is 6.83. The lowest BCUT2D eigenvalue weighted by Gasteiger charge is -2.10. The number of methoxy groups -OCH3 is 2. The van der Waals surface area contributed by atoms with Crippen LogP contribution in [0.1, 0.15) is 31.3 Å². The number of carbonyl (C=O) groups excluding carboxylic acids is 3. The Hall–Kier alpha value is -3.29. The van der Waals surface area contributed by atoms with Gasteiger partial charge in [0.05, 0.1) is 36.1 Å². The Morgan fingerprint density at radius 2 is 1.63 bits per heavy atom. The van der Waals surface area contributed by atoms with Gasteiger partial charge in [-0.05, 0) is 48.5 Å². The van der Waals surface area contributed by atoms with Gasteiger partial charge in [-0.15, -0.1) is 0 Å². The molecule has 0 aliphatic carbocycles. The Morgan fingerprint density at radius 3 is 2.30 bits per heavy atom. The first kappa shape index (κ1) is 21.4. The largest absolute Gasteiger partial charge is 0.465 e. The molecule has 0 spiro atoms. The summed E-state index contributed by atoms with van der Waals surface area (Å²) in [5, 5.41) is 3.38. The van der Waals surface area contributed by atoms with Crippen LogP contribution in [0, 0.1) is 0 Å². The summed E-state index contributed by atoms with van der Waals surface area (Å²) >= 11 is 12.1. The number of benzene rings is 2. The maximum Gasteiger partial charge on any atom is 0.339 e. The fourth-order valence-corrected chi connectivity index (χ4v) is 3.16. The molecular formula is C21H15Cl2NO6. The third-order valence-electron chi connectivity index (χ3n) is 4.12. The first-order chi connectivity index (χ1) is 14.3. The SMILES string of the molecule is COC(=O)c1ccc(C(=O)OC)c(NC(=O)c2ccc(-c3ccc(Cl)cc3Cl)o2)c1. The fraction of sp³-hybridized carbons (Fsp3) is 0.0952. The minimum absolute atomic E-state index is 0.0321. The molecule has 1 amide bonds. The summed E-state index contributed by atoms with van der Waals surface area (Å²) in [6.45, 7) is 0. The number of anilines is 1. The Morgan fingerprint density at radius 1 is 0.900 bits per heavy atom. The Labute approximate surface area is 181 Å². The summed E-state index contributed by atoms with van der Waals surface area (Å²) in [4.78, 5) is 36.5. The summed E-state index contributed by atoms with van der Waals surface area (Å²) < 4.78 is 15.0. The highest BCUT2D eigenvalue weighted by Crippen LogP contribution is 2.32. The predicted molar refractivity (Wildman–Crippen MR) is 111 cm³/mol. The highest BCUT2D eigenvalue weighted by Gasteiger charge is 2.20. The second kappa shape index (κ2) is 9.02. The zero-order valence-corrected chi connectivity index (χ0v) is 17.3. The molecule has 7 nitrogen and oxygen atoms in total. The average molecular weight is 448 g/mol. The lowest BCUT2D eigenvalue weighted by molar-refractivity contribution is 0.0587. The number of hydrogen-bond acceptors (Lipinski definition) is 6. The molecular weight excluding hydrogens is 433 g/mol. The number of furan rings is 1. The van der Waals surface area contributed by atoms with E-state index < -0.39 is 17.8 Å². The molecule has 3 aromatic rings. The number of hydrogen-bond donors (Lipinski definition) is 1. The summed E-state index contributed by atoms with van der Waals surface area (Å²) in [6, 6.07) is 12.0. The third-order valence-corrected chi connectivity index (χ3v) is 4.67. The highest BCUT2D eigenvalue weighted by molar-refractivity contribution is 6.36. The van der Waals surface area contributed by atoms with Gasteiger partial charge in [0.25, 0.3) is 5.91 Å². The molecule has 1 heterocycles. The Balaban J connectivity index is 1.91. The third kappa shape index (κ3) is 4.48. The summed E-state index contributed by atoms with van der Waals surface area (Å²) in [5.74, 6) is -1.62. The van der Waals surface area contributed by atoms with Gasteiger partial charge in [0.2, 0.25) is 0 Å². The molecule has 0 saturated carbocycles. The molecule has 0 fully saturated rings. The predicted octanol–water partition coefficient (Wildman–Crippen LogP) is 5.08. The minimum atomic E-state index is -0.685. The van der Waals surface area contributed by atoms with Crippen LogP contribution in [0.4, 0.5) is 5.69 Å². The van der Waals surface area contributed by atoms with Crippen molar-refractivity contribution < 1.29 is 28.3 Å². The standard InChI is InChI=1S/C21H15Cl2NO6/c1-28-20(26)11-3-5-14(21(27)29-2)16(9-11)24-19(25)18-8-7-17(30-18)13-6-4-12(22)10-15(13)23/h3-10H,1-2H3,(H,24,25). The first-order valence-corrected chi connectivity index (χ1v) is 9.27. The van der Waals surface area contributed by atoms with Crippen LogP contribution in [0.5, 0.6) is 0 Å². The number of nitrogens with one attached hydrogen (secondary N) is 1. The monoisotopic (exact) mass is 447 g/mol. The molecule has 154 valence electrons. The quantitative estimate of drug-likeness (QED) is 0.547. The fourth-order valence-electron chi connectivity index (χ4n) is 2.66. The summed E-state index contributed by atoms with van der Waals surface area (Å²) in [6.07, 6.45) is 0. The summed E-state index contributed by atoms with van der Waals surface area (Å²) in [7, 11) is 2.43. The topological polar surface area (TPSA) is 94.8 Å². The van der Waals surface area contributed by atoms with Crippen LogP contribution < -0.4 is 5.32 Å². The molecule has 30 heavy (non-hydrogen) atoms. The number of carbonyl (C=O) groups is 3. The van der Waals surface area contributed by atoms with Gasteiger partial charge >= 0.3 is 11.9 Å². The van der Waals surface area contributed by atoms with E-state index in [2.05, 4.69) is 10.1 Å². The van der Waals surface area contributed by atoms with Crippen LogP contribution >= 0.6 is 23.2 Å². The molecule has 0 atom stereocenters. The lowest BCUT2D eigenvalue weighted by Crippen LogP contribution is -2.16. The summed E-state index contributed by atoms with van der Waals surface area (Å²) in [5.41, 5.74) is 0.833. The van der Waals surface area contributed by atoms with Crippen LogP contribution in [0.15, 0.2) is 52.9 Å². The minimum Gasteiger partial charge on any atom is -0.465 e. The zero-order chi connectivity index (χ0) is 21.8. The molecule has 0 bridgehead atoms. The Bertz CT molecular complexity index is 1140. The Kier molecular flexibility index (Phi) is 6.44. The van der Waals surface area contributed by atoms with E-state index >= 15 is 0 Å². The average Bonchev–Trinajstić information content (AvgIpc) is 3.22. The van der Waals surface area contributed by atoms with Crippen molar-refractivity contribution in [2.24, 2.45) is 0 Å². The molecule has 9 heteroatoms. The van der Waals surface area contributed by atoms with Crippen molar-refractivity contribution in [3.63, 3.8) is 0 Å². The van der Waals surface area contributed by atoms with Gasteiger partial charge in [-0.2, -0.15) is 0 Å². The lowest BCUT2D eigenvalue weighted by atomic mass is 10.1. The number of ether oxygens (including phenoxy) is 2. The van der Waals surface area contributed by atoms with E-state index in [0.717, 1.165) is 0 Å². The van der Waals surface area contributed by atoms with Crippen molar-refractivity contribution >= 4 is 46.7 Å². The van der Waals surface area contributed by atoms with Crippen molar-refractivity contribution in [1.29, 1.82) is 0 Å². The number of amides is 1. The van der Waals surface area contributed by atoms with Gasteiger partial charge in [-0.25, -0.2) is 9.59 Å². The molecule has 0 unspecified atom stereocenters. The zero-order valence-electron chi connectivity index (χ0n) is 15.8. The van der Waals surface area contributed by atoms with E-state index in [9.17, 15) is 14.4 Å². The second-order valence-electron chi connectivity index (χ2n) is 5.99. The highest BCUT2D eigenvalue weighted by atomic mass is 35.5. The van der Waals surface area contributed by atoms with E-state index in [4.69, 9.17) is 32.4 Å². The van der Waals surface area contributed by atoms with Gasteiger partial charge in [-0.1, -0.05) is 23.2 Å². The van der Waals surface area contributed by atoms with Crippen LogP contribution in [-0.2, 0) is 9.47 Å². The first-order valence-electron chi connectivity index (χ1n) is 8.51. The molecule has 1 aromatic heterocycles. The van der Waals surface area contributed by atoms with Crippen LogP contribution in [0.2, 0.25) is 10.0 Å². The van der Waals surface area contributed by atoms with E-state index in [-0.39, 0.29) is 22.6 Å². The maximum absolute atomic E-state index is 12.7. The van der Waals surface area contributed by atoms with E-state index in [1.54, 1.807) is 24.3 Å². The number of esters is 2. The van der Waals surface area contributed by atoms with Crippen molar-refractivity contribution in [3.05, 3.63) is 75.5 Å². The van der Waals surface area contributed by atoms with Crippen molar-refractivity contribution in [1.82, 2.24) is 0 Å². The van der Waals surface area contributed by atoms with E-state index in [1.807, 2.05) is 0 Å². The van der Waals surface area contributed by atoms with Gasteiger partial charge < -0.3 is 19.2 Å². The van der Waals surface area contributed by atoms with E-state index in [1.165, 1.54) is 38.5 Å². The molecule has 0 saturated heterocycles. The van der Waals surface area contributed by atoms with Crippen molar-refractivity contribution in [2.45, 2.75) is 0 Å². The van der Waals surface area contributed by atoms with Gasteiger partial charge in [-0.3, -0.25) is 4.79 Å². The molecule has 1 N–H and O–H groups in total. The van der Waals surface area contributed by atoms with Gasteiger partial charge in [0, 0.05) is 10.6 Å². The molecule has 0 aliphatic heterocycles. The van der Waals surface area contributed by atoms with Crippen LogP contribution in [0.3, 0.4) is 0 Å². The van der Waals surface area contributed by atoms with Gasteiger partial charge in [0.1, 0.15) is 5.76 Å². The van der Waals surface area contributed by atoms with Crippen LogP contribution in [-0.4, -0.2) is 32.1 Å². The van der Waals surface area contributed by atoms with Crippen LogP contribution in [0.25, 0.3) is 11.3 Å². The van der Waals surface area contributed by atoms with Gasteiger partial charge in [0.15, 0.2) is 5.76 Å². The normalized spacial score (nSPS) is 10.4. The van der Waals surface area contributed by atoms with Crippen molar-refractivity contribution in [2.75, 3.05) is 19.5 Å². The van der Waals surface area contributed by atoms with Crippen molar-refractivity contribution in [3.8, 4) is 11.3 Å². The number of rotatable bonds is 5. The molecule has 0 aliphatic rings. The molecule has 2 aromatic carbocycles. The molecule has 3 rings (SSSR count).